The third-order valence-electron chi connectivity index (χ3n) is 2.66. The molecule has 0 unspecified atom stereocenters. The summed E-state index contributed by atoms with van der Waals surface area (Å²) in [6.45, 7) is 0. The minimum Gasteiger partial charge on any atom is -0.497 e. The number of methoxy groups -OCH3 is 1. The first-order chi connectivity index (χ1) is 9.38. The van der Waals surface area contributed by atoms with Crippen molar-refractivity contribution < 1.29 is 26.7 Å². The van der Waals surface area contributed by atoms with Gasteiger partial charge in [0.15, 0.2) is 23.3 Å². The van der Waals surface area contributed by atoms with Crippen molar-refractivity contribution in [3.8, 4) is 16.9 Å². The number of benzene rings is 2. The summed E-state index contributed by atoms with van der Waals surface area (Å²) in [4.78, 5) is 0. The quantitative estimate of drug-likeness (QED) is 0.443. The van der Waals surface area contributed by atoms with Crippen LogP contribution in [0.5, 0.6) is 5.75 Å². The van der Waals surface area contributed by atoms with Gasteiger partial charge in [0.1, 0.15) is 5.75 Å². The minimum atomic E-state index is -2.21. The zero-order chi connectivity index (χ0) is 15.0. The van der Waals surface area contributed by atoms with Gasteiger partial charge in [0.25, 0.3) is 0 Å². The van der Waals surface area contributed by atoms with E-state index in [1.54, 1.807) is 0 Å². The first-order valence-corrected chi connectivity index (χ1v) is 5.61. The first kappa shape index (κ1) is 14.6. The van der Waals surface area contributed by atoms with E-state index in [0.29, 0.717) is 0 Å². The number of hydrogen-bond donors (Lipinski definition) is 0. The molecule has 2 rings (SSSR count). The van der Waals surface area contributed by atoms with Crippen LogP contribution in [0.25, 0.3) is 11.1 Å². The van der Waals surface area contributed by atoms with Crippen LogP contribution in [0.4, 0.5) is 22.0 Å². The number of halogens is 6. The molecule has 20 heavy (non-hydrogen) atoms. The van der Waals surface area contributed by atoms with E-state index in [1.807, 2.05) is 0 Å². The molecule has 0 spiro atoms. The topological polar surface area (TPSA) is 9.23 Å². The van der Waals surface area contributed by atoms with Crippen LogP contribution < -0.4 is 4.74 Å². The molecule has 0 amide bonds. The van der Waals surface area contributed by atoms with Gasteiger partial charge in [0.05, 0.1) is 17.7 Å². The van der Waals surface area contributed by atoms with Gasteiger partial charge < -0.3 is 4.74 Å². The zero-order valence-corrected chi connectivity index (χ0v) is 10.7. The molecule has 106 valence electrons. The van der Waals surface area contributed by atoms with Crippen LogP contribution >= 0.6 is 11.6 Å². The minimum absolute atomic E-state index is 0.201. The Morgan fingerprint density at radius 1 is 0.850 bits per heavy atom. The Labute approximate surface area is 115 Å². The second-order valence-electron chi connectivity index (χ2n) is 3.79. The summed E-state index contributed by atoms with van der Waals surface area (Å²) in [7, 11) is 1.34. The lowest BCUT2D eigenvalue weighted by Gasteiger charge is -2.11. The van der Waals surface area contributed by atoms with Gasteiger partial charge in [-0.15, -0.1) is 0 Å². The summed E-state index contributed by atoms with van der Waals surface area (Å²) in [6.07, 6.45) is 0. The highest BCUT2D eigenvalue weighted by atomic mass is 35.5. The van der Waals surface area contributed by atoms with Crippen LogP contribution in [0.1, 0.15) is 0 Å². The predicted molar refractivity (Wildman–Crippen MR) is 63.2 cm³/mol. The Kier molecular flexibility index (Phi) is 3.85. The molecule has 0 aromatic heterocycles. The van der Waals surface area contributed by atoms with Gasteiger partial charge in [0.2, 0.25) is 5.82 Å². The monoisotopic (exact) mass is 308 g/mol. The van der Waals surface area contributed by atoms with Crippen molar-refractivity contribution in [3.05, 3.63) is 52.3 Å². The predicted octanol–water partition coefficient (Wildman–Crippen LogP) is 4.71. The standard InChI is InChI=1S/C13H6ClF5O/c1-20-5-2-3-6(7(14)4-5)8-9(15)11(17)13(19)12(18)10(8)16/h2-4H,1H3. The van der Waals surface area contributed by atoms with Crippen molar-refractivity contribution in [1.29, 1.82) is 0 Å². The average Bonchev–Trinajstić information content (AvgIpc) is 2.44. The van der Waals surface area contributed by atoms with Crippen molar-refractivity contribution >= 4 is 11.6 Å². The van der Waals surface area contributed by atoms with E-state index < -0.39 is 34.6 Å². The lowest BCUT2D eigenvalue weighted by Crippen LogP contribution is -2.04. The molecule has 0 aliphatic heterocycles. The van der Waals surface area contributed by atoms with Crippen LogP contribution in [-0.2, 0) is 0 Å². The van der Waals surface area contributed by atoms with Crippen molar-refractivity contribution in [2.45, 2.75) is 0 Å². The molecule has 0 atom stereocenters. The molecular formula is C13H6ClF5O. The summed E-state index contributed by atoms with van der Waals surface area (Å²) in [5, 5.41) is -0.201. The molecule has 2 aromatic carbocycles. The van der Waals surface area contributed by atoms with E-state index in [1.165, 1.54) is 19.2 Å². The Hall–Kier alpha value is -1.82. The Bertz CT molecular complexity index is 658. The van der Waals surface area contributed by atoms with Crippen LogP contribution in [0.2, 0.25) is 5.02 Å². The summed E-state index contributed by atoms with van der Waals surface area (Å²) in [6, 6.07) is 3.60. The molecule has 0 aliphatic carbocycles. The van der Waals surface area contributed by atoms with E-state index in [4.69, 9.17) is 16.3 Å². The Morgan fingerprint density at radius 3 is 1.80 bits per heavy atom. The van der Waals surface area contributed by atoms with E-state index >= 15 is 0 Å². The molecule has 2 aromatic rings. The van der Waals surface area contributed by atoms with Gasteiger partial charge in [-0.2, -0.15) is 0 Å². The molecule has 0 saturated carbocycles. The SMILES string of the molecule is COc1ccc(-c2c(F)c(F)c(F)c(F)c2F)c(Cl)c1. The fourth-order valence-corrected chi connectivity index (χ4v) is 1.93. The number of ether oxygens (including phenoxy) is 1. The van der Waals surface area contributed by atoms with E-state index in [0.717, 1.165) is 6.07 Å². The molecule has 7 heteroatoms. The lowest BCUT2D eigenvalue weighted by atomic mass is 10.0. The lowest BCUT2D eigenvalue weighted by molar-refractivity contribution is 0.381. The second kappa shape index (κ2) is 5.28. The van der Waals surface area contributed by atoms with Gasteiger partial charge in [0, 0.05) is 5.56 Å². The highest BCUT2D eigenvalue weighted by Gasteiger charge is 2.27. The highest BCUT2D eigenvalue weighted by molar-refractivity contribution is 6.33. The molecule has 0 saturated heterocycles. The molecule has 1 nitrogen and oxygen atoms in total. The molecule has 0 N–H and O–H groups in total. The number of hydrogen-bond acceptors (Lipinski definition) is 1. The van der Waals surface area contributed by atoms with Crippen molar-refractivity contribution in [1.82, 2.24) is 0 Å². The first-order valence-electron chi connectivity index (χ1n) is 5.23. The second-order valence-corrected chi connectivity index (χ2v) is 4.20. The van der Waals surface area contributed by atoms with Crippen molar-refractivity contribution in [2.75, 3.05) is 7.11 Å². The summed E-state index contributed by atoms with van der Waals surface area (Å²) in [5.41, 5.74) is -1.39. The summed E-state index contributed by atoms with van der Waals surface area (Å²) >= 11 is 5.78. The molecule has 0 bridgehead atoms. The van der Waals surface area contributed by atoms with Crippen molar-refractivity contribution in [3.63, 3.8) is 0 Å². The normalized spacial score (nSPS) is 10.8. The van der Waals surface area contributed by atoms with Gasteiger partial charge in [-0.25, -0.2) is 22.0 Å². The largest absolute Gasteiger partial charge is 0.497 e. The van der Waals surface area contributed by atoms with E-state index in [-0.39, 0.29) is 16.3 Å². The smallest absolute Gasteiger partial charge is 0.200 e. The van der Waals surface area contributed by atoms with E-state index in [9.17, 15) is 22.0 Å². The maximum Gasteiger partial charge on any atom is 0.200 e. The van der Waals surface area contributed by atoms with Gasteiger partial charge >= 0.3 is 0 Å². The zero-order valence-electron chi connectivity index (χ0n) is 9.91. The van der Waals surface area contributed by atoms with Gasteiger partial charge in [-0.3, -0.25) is 0 Å². The molecule has 0 fully saturated rings. The maximum absolute atomic E-state index is 13.6. The molecule has 0 radical (unpaired) electrons. The fourth-order valence-electron chi connectivity index (χ4n) is 1.67. The van der Waals surface area contributed by atoms with Gasteiger partial charge in [-0.05, 0) is 18.2 Å². The Morgan fingerprint density at radius 2 is 1.35 bits per heavy atom. The maximum atomic E-state index is 13.6. The van der Waals surface area contributed by atoms with E-state index in [2.05, 4.69) is 0 Å². The van der Waals surface area contributed by atoms with Crippen LogP contribution in [-0.4, -0.2) is 7.11 Å². The Balaban J connectivity index is 2.76. The molecular weight excluding hydrogens is 303 g/mol. The van der Waals surface area contributed by atoms with Crippen molar-refractivity contribution in [2.24, 2.45) is 0 Å². The average molecular weight is 309 g/mol. The third kappa shape index (κ3) is 2.20. The third-order valence-corrected chi connectivity index (χ3v) is 2.97. The van der Waals surface area contributed by atoms with Crippen LogP contribution in [0.3, 0.4) is 0 Å². The van der Waals surface area contributed by atoms with Crippen LogP contribution in [0, 0.1) is 29.1 Å². The number of rotatable bonds is 2. The fraction of sp³-hybridized carbons (Fsp3) is 0.0769. The highest BCUT2D eigenvalue weighted by Crippen LogP contribution is 2.37. The molecule has 0 aliphatic rings. The van der Waals surface area contributed by atoms with Crippen LogP contribution in [0.15, 0.2) is 18.2 Å². The molecule has 0 heterocycles. The summed E-state index contributed by atoms with van der Waals surface area (Å²) < 4.78 is 71.3. The van der Waals surface area contributed by atoms with Gasteiger partial charge in [-0.1, -0.05) is 11.6 Å². The summed E-state index contributed by atoms with van der Waals surface area (Å²) in [5.74, 6) is -9.85.